The Morgan fingerprint density at radius 1 is 1.09 bits per heavy atom. The molecule has 1 fully saturated rings. The van der Waals surface area contributed by atoms with Crippen LogP contribution in [0.4, 0.5) is 0 Å². The maximum Gasteiger partial charge on any atom is 0.142 e. The maximum atomic E-state index is 5.47. The Bertz CT molecular complexity index is 634. The Balaban J connectivity index is 1.53. The van der Waals surface area contributed by atoms with Gasteiger partial charge in [0.1, 0.15) is 12.4 Å². The summed E-state index contributed by atoms with van der Waals surface area (Å²) in [5, 5.41) is 4.28. The van der Waals surface area contributed by atoms with E-state index in [-0.39, 0.29) is 0 Å². The molecule has 0 heterocycles. The van der Waals surface area contributed by atoms with E-state index < -0.39 is 0 Å². The number of ether oxygens (including phenoxy) is 1. The zero-order valence-corrected chi connectivity index (χ0v) is 13.0. The van der Waals surface area contributed by atoms with E-state index in [1.807, 2.05) is 42.5 Å². The van der Waals surface area contributed by atoms with E-state index in [1.54, 1.807) is 7.11 Å². The average Bonchev–Trinajstić information content (AvgIpc) is 3.37. The van der Waals surface area contributed by atoms with Crippen LogP contribution in [0.5, 0.6) is 5.75 Å². The number of hydrogen-bond donors (Lipinski definition) is 0. The summed E-state index contributed by atoms with van der Waals surface area (Å²) in [6, 6.07) is 18.4. The summed E-state index contributed by atoms with van der Waals surface area (Å²) in [6.07, 6.45) is 1.15. The van der Waals surface area contributed by atoms with Crippen molar-refractivity contribution >= 4 is 5.71 Å². The third kappa shape index (κ3) is 3.48. The molecule has 2 aromatic carbocycles. The summed E-state index contributed by atoms with van der Waals surface area (Å²) >= 11 is 0. The fourth-order valence-corrected chi connectivity index (χ4v) is 2.73. The number of rotatable bonds is 6. The summed E-state index contributed by atoms with van der Waals surface area (Å²) < 4.78 is 5.20. The number of benzene rings is 2. The van der Waals surface area contributed by atoms with E-state index in [4.69, 9.17) is 9.57 Å². The Kier molecular flexibility index (Phi) is 4.42. The molecule has 0 amide bonds. The third-order valence-electron chi connectivity index (χ3n) is 4.15. The molecule has 0 aromatic heterocycles. The normalized spacial score (nSPS) is 20.5. The zero-order valence-electron chi connectivity index (χ0n) is 13.0. The minimum absolute atomic E-state index is 0.504. The van der Waals surface area contributed by atoms with Gasteiger partial charge in [-0.15, -0.1) is 0 Å². The zero-order chi connectivity index (χ0) is 15.4. The highest BCUT2D eigenvalue weighted by Gasteiger charge is 2.40. The van der Waals surface area contributed by atoms with Gasteiger partial charge in [0.05, 0.1) is 12.8 Å². The van der Waals surface area contributed by atoms with E-state index in [1.165, 1.54) is 5.56 Å². The minimum atomic E-state index is 0.504. The molecule has 114 valence electrons. The van der Waals surface area contributed by atoms with Crippen molar-refractivity contribution in [3.63, 3.8) is 0 Å². The van der Waals surface area contributed by atoms with Crippen molar-refractivity contribution in [1.29, 1.82) is 0 Å². The van der Waals surface area contributed by atoms with Gasteiger partial charge in [-0.1, -0.05) is 47.6 Å². The molecule has 3 heteroatoms. The molecule has 0 bridgehead atoms. The predicted molar refractivity (Wildman–Crippen MR) is 88.2 cm³/mol. The molecule has 2 unspecified atom stereocenters. The molecule has 0 saturated heterocycles. The van der Waals surface area contributed by atoms with Crippen molar-refractivity contribution < 1.29 is 9.57 Å². The Hall–Kier alpha value is -2.29. The molecular formula is C19H21NO2. The molecule has 3 rings (SSSR count). The number of hydrogen-bond acceptors (Lipinski definition) is 3. The molecule has 1 aliphatic carbocycles. The van der Waals surface area contributed by atoms with Crippen LogP contribution in [-0.2, 0) is 11.4 Å². The topological polar surface area (TPSA) is 30.8 Å². The van der Waals surface area contributed by atoms with Crippen LogP contribution < -0.4 is 4.74 Å². The van der Waals surface area contributed by atoms with Gasteiger partial charge in [0.2, 0.25) is 0 Å². The highest BCUT2D eigenvalue weighted by atomic mass is 16.6. The Labute approximate surface area is 131 Å². The van der Waals surface area contributed by atoms with Gasteiger partial charge in [-0.2, -0.15) is 0 Å². The van der Waals surface area contributed by atoms with Crippen LogP contribution >= 0.6 is 0 Å². The van der Waals surface area contributed by atoms with E-state index in [2.05, 4.69) is 24.2 Å². The summed E-state index contributed by atoms with van der Waals surface area (Å²) in [5.74, 6) is 1.97. The molecule has 2 atom stereocenters. The molecule has 1 aliphatic rings. The van der Waals surface area contributed by atoms with Gasteiger partial charge in [0.15, 0.2) is 0 Å². The Morgan fingerprint density at radius 3 is 2.50 bits per heavy atom. The number of nitrogens with zero attached hydrogens (tertiary/aromatic N) is 1. The lowest BCUT2D eigenvalue weighted by Gasteiger charge is -2.04. The van der Waals surface area contributed by atoms with Crippen molar-refractivity contribution in [2.75, 3.05) is 7.11 Å². The highest BCUT2D eigenvalue weighted by Crippen LogP contribution is 2.48. The van der Waals surface area contributed by atoms with Crippen molar-refractivity contribution in [3.05, 3.63) is 65.7 Å². The van der Waals surface area contributed by atoms with Gasteiger partial charge in [-0.3, -0.25) is 0 Å². The molecule has 0 radical (unpaired) electrons. The van der Waals surface area contributed by atoms with E-state index in [9.17, 15) is 0 Å². The monoisotopic (exact) mass is 295 g/mol. The molecule has 3 nitrogen and oxygen atoms in total. The Morgan fingerprint density at radius 2 is 1.82 bits per heavy atom. The molecule has 2 aromatic rings. The SMILES string of the molecule is COc1ccc(C2CC2C(C)=NOCc2ccccc2)cc1. The molecule has 0 spiro atoms. The lowest BCUT2D eigenvalue weighted by molar-refractivity contribution is 0.129. The average molecular weight is 295 g/mol. The van der Waals surface area contributed by atoms with Crippen LogP contribution in [0.25, 0.3) is 0 Å². The summed E-state index contributed by atoms with van der Waals surface area (Å²) in [5.41, 5.74) is 3.57. The summed E-state index contributed by atoms with van der Waals surface area (Å²) in [4.78, 5) is 5.47. The van der Waals surface area contributed by atoms with E-state index >= 15 is 0 Å². The van der Waals surface area contributed by atoms with Crippen LogP contribution in [0, 0.1) is 5.92 Å². The predicted octanol–water partition coefficient (Wildman–Crippen LogP) is 4.39. The van der Waals surface area contributed by atoms with Crippen molar-refractivity contribution in [2.24, 2.45) is 11.1 Å². The van der Waals surface area contributed by atoms with Gasteiger partial charge in [-0.05, 0) is 42.5 Å². The van der Waals surface area contributed by atoms with Crippen LogP contribution in [-0.4, -0.2) is 12.8 Å². The second-order valence-corrected chi connectivity index (χ2v) is 5.71. The van der Waals surface area contributed by atoms with Gasteiger partial charge < -0.3 is 9.57 Å². The van der Waals surface area contributed by atoms with Gasteiger partial charge in [0, 0.05) is 5.92 Å². The van der Waals surface area contributed by atoms with Crippen LogP contribution in [0.3, 0.4) is 0 Å². The van der Waals surface area contributed by atoms with Crippen molar-refractivity contribution in [3.8, 4) is 5.75 Å². The van der Waals surface area contributed by atoms with Crippen LogP contribution in [0.15, 0.2) is 59.8 Å². The highest BCUT2D eigenvalue weighted by molar-refractivity contribution is 5.87. The standard InChI is InChI=1S/C19H21NO2/c1-14(20-22-13-15-6-4-3-5-7-15)18-12-19(18)16-8-10-17(21-2)11-9-16/h3-11,18-19H,12-13H2,1-2H3. The minimum Gasteiger partial charge on any atom is -0.497 e. The van der Waals surface area contributed by atoms with Gasteiger partial charge in [-0.25, -0.2) is 0 Å². The molecular weight excluding hydrogens is 274 g/mol. The van der Waals surface area contributed by atoms with Crippen LogP contribution in [0.1, 0.15) is 30.4 Å². The largest absolute Gasteiger partial charge is 0.497 e. The summed E-state index contributed by atoms with van der Waals surface area (Å²) in [7, 11) is 1.69. The first-order valence-electron chi connectivity index (χ1n) is 7.62. The number of methoxy groups -OCH3 is 1. The lowest BCUT2D eigenvalue weighted by Crippen LogP contribution is -1.99. The van der Waals surface area contributed by atoms with Crippen LogP contribution in [0.2, 0.25) is 0 Å². The summed E-state index contributed by atoms with van der Waals surface area (Å²) in [6.45, 7) is 2.58. The first kappa shape index (κ1) is 14.6. The smallest absolute Gasteiger partial charge is 0.142 e. The quantitative estimate of drug-likeness (QED) is 0.584. The second kappa shape index (κ2) is 6.65. The lowest BCUT2D eigenvalue weighted by atomic mass is 10.1. The van der Waals surface area contributed by atoms with Crippen molar-refractivity contribution in [2.45, 2.75) is 25.9 Å². The molecule has 0 aliphatic heterocycles. The van der Waals surface area contributed by atoms with Crippen molar-refractivity contribution in [1.82, 2.24) is 0 Å². The maximum absolute atomic E-state index is 5.47. The number of oxime groups is 1. The van der Waals surface area contributed by atoms with E-state index in [0.29, 0.717) is 18.4 Å². The second-order valence-electron chi connectivity index (χ2n) is 5.71. The van der Waals surface area contributed by atoms with Gasteiger partial charge >= 0.3 is 0 Å². The first-order chi connectivity index (χ1) is 10.8. The fraction of sp³-hybridized carbons (Fsp3) is 0.316. The van der Waals surface area contributed by atoms with Gasteiger partial charge in [0.25, 0.3) is 0 Å². The third-order valence-corrected chi connectivity index (χ3v) is 4.15. The molecule has 22 heavy (non-hydrogen) atoms. The molecule has 0 N–H and O–H groups in total. The molecule has 1 saturated carbocycles. The first-order valence-corrected chi connectivity index (χ1v) is 7.62. The van der Waals surface area contributed by atoms with E-state index in [0.717, 1.165) is 23.4 Å². The fourth-order valence-electron chi connectivity index (χ4n) is 2.73.